The van der Waals surface area contributed by atoms with Crippen LogP contribution in [0.15, 0.2) is 48.5 Å². The average Bonchev–Trinajstić information content (AvgIpc) is 3.20. The second-order valence-electron chi connectivity index (χ2n) is 10.0. The van der Waals surface area contributed by atoms with Gasteiger partial charge in [0.25, 0.3) is 11.8 Å². The molecule has 37 heavy (non-hydrogen) atoms. The number of nitrogens with zero attached hydrogens (tertiary/aromatic N) is 1. The monoisotopic (exact) mass is 519 g/mol. The minimum Gasteiger partial charge on any atom is -0.478 e. The van der Waals surface area contributed by atoms with Crippen molar-refractivity contribution in [2.75, 3.05) is 17.2 Å². The van der Waals surface area contributed by atoms with E-state index < -0.39 is 5.97 Å². The number of hydrogen-bond acceptors (Lipinski definition) is 5. The molecular formula is C28H29N3O5S. The summed E-state index contributed by atoms with van der Waals surface area (Å²) in [5, 5.41) is 15.6. The lowest BCUT2D eigenvalue weighted by Gasteiger charge is -2.27. The van der Waals surface area contributed by atoms with Crippen molar-refractivity contribution in [1.82, 2.24) is 4.90 Å². The maximum atomic E-state index is 13.2. The smallest absolute Gasteiger partial charge is 0.339 e. The number of hydrogen-bond donors (Lipinski definition) is 3. The first-order chi connectivity index (χ1) is 17.4. The third kappa shape index (κ3) is 5.72. The normalized spacial score (nSPS) is 13.0. The van der Waals surface area contributed by atoms with Crippen molar-refractivity contribution in [2.24, 2.45) is 0 Å². The van der Waals surface area contributed by atoms with Crippen LogP contribution in [0.5, 0.6) is 0 Å². The maximum absolute atomic E-state index is 13.2. The lowest BCUT2D eigenvalue weighted by molar-refractivity contribution is -0.114. The number of carbonyl (C=O) groups is 4. The summed E-state index contributed by atoms with van der Waals surface area (Å²) in [7, 11) is 0. The Bertz CT molecular complexity index is 1390. The number of fused-ring (bicyclic) bond motifs is 1. The number of carboxylic acid groups (broad SMARTS) is 1. The van der Waals surface area contributed by atoms with E-state index in [1.165, 1.54) is 18.3 Å². The van der Waals surface area contributed by atoms with Gasteiger partial charge in [0.2, 0.25) is 5.91 Å². The van der Waals surface area contributed by atoms with Crippen LogP contribution in [0.3, 0.4) is 0 Å². The quantitative estimate of drug-likeness (QED) is 0.431. The van der Waals surface area contributed by atoms with E-state index in [2.05, 4.69) is 31.4 Å². The Morgan fingerprint density at radius 1 is 0.973 bits per heavy atom. The van der Waals surface area contributed by atoms with Crippen molar-refractivity contribution >= 4 is 45.7 Å². The van der Waals surface area contributed by atoms with Gasteiger partial charge >= 0.3 is 5.97 Å². The van der Waals surface area contributed by atoms with Gasteiger partial charge in [0.1, 0.15) is 5.00 Å². The molecule has 1 aliphatic rings. The van der Waals surface area contributed by atoms with E-state index >= 15 is 0 Å². The molecule has 1 aromatic heterocycles. The fourth-order valence-corrected chi connectivity index (χ4v) is 5.55. The highest BCUT2D eigenvalue weighted by Crippen LogP contribution is 2.38. The van der Waals surface area contributed by atoms with E-state index in [9.17, 15) is 24.3 Å². The SMILES string of the molecule is CC(=O)Nc1cccc(C(=O)N2CCc3c(sc(NC(=O)c4ccc(C(C)(C)C)cc4)c3C(=O)O)C2)c1. The van der Waals surface area contributed by atoms with Gasteiger partial charge < -0.3 is 20.6 Å². The highest BCUT2D eigenvalue weighted by atomic mass is 32.1. The summed E-state index contributed by atoms with van der Waals surface area (Å²) < 4.78 is 0. The lowest BCUT2D eigenvalue weighted by Crippen LogP contribution is -2.35. The summed E-state index contributed by atoms with van der Waals surface area (Å²) >= 11 is 1.18. The summed E-state index contributed by atoms with van der Waals surface area (Å²) in [5.41, 5.74) is 3.16. The summed E-state index contributed by atoms with van der Waals surface area (Å²) in [6, 6.07) is 14.0. The standard InChI is InChI=1S/C28H29N3O5S/c1-16(32)29-20-7-5-6-18(14-20)26(34)31-13-12-21-22(15-31)37-25(23(21)27(35)36)30-24(33)17-8-10-19(11-9-17)28(2,3)4/h5-11,14H,12-13,15H2,1-4H3,(H,29,32)(H,30,33)(H,35,36). The number of anilines is 2. The van der Waals surface area contributed by atoms with Crippen LogP contribution in [0.1, 0.15) is 74.8 Å². The predicted octanol–water partition coefficient (Wildman–Crippen LogP) is 5.15. The molecule has 3 amide bonds. The zero-order valence-corrected chi connectivity index (χ0v) is 22.0. The topological polar surface area (TPSA) is 116 Å². The molecule has 0 unspecified atom stereocenters. The van der Waals surface area contributed by atoms with Gasteiger partial charge in [-0.2, -0.15) is 0 Å². The van der Waals surface area contributed by atoms with Crippen molar-refractivity contribution in [3.05, 3.63) is 81.2 Å². The van der Waals surface area contributed by atoms with Crippen molar-refractivity contribution in [1.29, 1.82) is 0 Å². The molecule has 0 fully saturated rings. The second kappa shape index (κ2) is 10.2. The van der Waals surface area contributed by atoms with E-state index in [1.54, 1.807) is 41.3 Å². The Kier molecular flexibility index (Phi) is 7.18. The van der Waals surface area contributed by atoms with Crippen LogP contribution >= 0.6 is 11.3 Å². The third-order valence-electron chi connectivity index (χ3n) is 6.23. The van der Waals surface area contributed by atoms with Gasteiger partial charge in [-0.1, -0.05) is 39.0 Å². The molecule has 2 heterocycles. The van der Waals surface area contributed by atoms with Gasteiger partial charge in [-0.3, -0.25) is 14.4 Å². The maximum Gasteiger partial charge on any atom is 0.339 e. The number of rotatable bonds is 5. The van der Waals surface area contributed by atoms with E-state index in [0.29, 0.717) is 35.3 Å². The van der Waals surface area contributed by atoms with Gasteiger partial charge in [0.15, 0.2) is 0 Å². The molecule has 0 saturated carbocycles. The predicted molar refractivity (Wildman–Crippen MR) is 144 cm³/mol. The Morgan fingerprint density at radius 2 is 1.68 bits per heavy atom. The zero-order chi connectivity index (χ0) is 26.9. The minimum absolute atomic E-state index is 0.0488. The highest BCUT2D eigenvalue weighted by molar-refractivity contribution is 7.17. The number of carbonyl (C=O) groups excluding carboxylic acids is 3. The molecule has 0 aliphatic carbocycles. The highest BCUT2D eigenvalue weighted by Gasteiger charge is 2.31. The molecular weight excluding hydrogens is 490 g/mol. The fourth-order valence-electron chi connectivity index (χ4n) is 4.30. The minimum atomic E-state index is -1.11. The van der Waals surface area contributed by atoms with Crippen molar-refractivity contribution in [3.8, 4) is 0 Å². The molecule has 0 spiro atoms. The van der Waals surface area contributed by atoms with Crippen molar-refractivity contribution in [2.45, 2.75) is 46.1 Å². The molecule has 192 valence electrons. The average molecular weight is 520 g/mol. The molecule has 3 aromatic rings. The first-order valence-electron chi connectivity index (χ1n) is 11.9. The van der Waals surface area contributed by atoms with Crippen molar-refractivity contribution < 1.29 is 24.3 Å². The molecule has 3 N–H and O–H groups in total. The fraction of sp³-hybridized carbons (Fsp3) is 0.286. The zero-order valence-electron chi connectivity index (χ0n) is 21.2. The Morgan fingerprint density at radius 3 is 2.30 bits per heavy atom. The summed E-state index contributed by atoms with van der Waals surface area (Å²) in [6.07, 6.45) is 0.362. The molecule has 1 aliphatic heterocycles. The number of thiophene rings is 1. The van der Waals surface area contributed by atoms with Gasteiger partial charge in [-0.05, 0) is 53.3 Å². The van der Waals surface area contributed by atoms with E-state index in [-0.39, 0.29) is 40.2 Å². The largest absolute Gasteiger partial charge is 0.478 e. The Labute approximate surface area is 219 Å². The summed E-state index contributed by atoms with van der Waals surface area (Å²) in [6.45, 7) is 8.24. The lowest BCUT2D eigenvalue weighted by atomic mass is 9.87. The molecule has 0 saturated heterocycles. The molecule has 0 atom stereocenters. The number of carboxylic acids is 1. The van der Waals surface area contributed by atoms with Crippen LogP contribution in [-0.2, 0) is 23.2 Å². The van der Waals surface area contributed by atoms with Crippen LogP contribution in [0.25, 0.3) is 0 Å². The number of aromatic carboxylic acids is 1. The number of nitrogens with one attached hydrogen (secondary N) is 2. The summed E-state index contributed by atoms with van der Waals surface area (Å²) in [4.78, 5) is 52.0. The first kappa shape index (κ1) is 26.1. The first-order valence-corrected chi connectivity index (χ1v) is 12.7. The third-order valence-corrected chi connectivity index (χ3v) is 7.36. The molecule has 8 nitrogen and oxygen atoms in total. The van der Waals surface area contributed by atoms with Gasteiger partial charge in [-0.15, -0.1) is 11.3 Å². The number of benzene rings is 2. The Balaban J connectivity index is 1.55. The van der Waals surface area contributed by atoms with E-state index in [1.807, 2.05) is 12.1 Å². The van der Waals surface area contributed by atoms with Crippen LogP contribution in [0.4, 0.5) is 10.7 Å². The van der Waals surface area contributed by atoms with Gasteiger partial charge in [-0.25, -0.2) is 4.79 Å². The van der Waals surface area contributed by atoms with E-state index in [0.717, 1.165) is 10.4 Å². The summed E-state index contributed by atoms with van der Waals surface area (Å²) in [5.74, 6) is -1.94. The van der Waals surface area contributed by atoms with Crippen molar-refractivity contribution in [3.63, 3.8) is 0 Å². The van der Waals surface area contributed by atoms with E-state index in [4.69, 9.17) is 0 Å². The van der Waals surface area contributed by atoms with Gasteiger partial charge in [0, 0.05) is 35.2 Å². The van der Waals surface area contributed by atoms with Crippen LogP contribution < -0.4 is 10.6 Å². The Hall–Kier alpha value is -3.98. The van der Waals surface area contributed by atoms with Crippen LogP contribution in [0, 0.1) is 0 Å². The molecule has 9 heteroatoms. The van der Waals surface area contributed by atoms with Gasteiger partial charge in [0.05, 0.1) is 12.1 Å². The molecule has 4 rings (SSSR count). The van der Waals surface area contributed by atoms with Crippen LogP contribution in [-0.4, -0.2) is 40.2 Å². The molecule has 0 radical (unpaired) electrons. The molecule has 2 aromatic carbocycles. The molecule has 0 bridgehead atoms. The second-order valence-corrected chi connectivity index (χ2v) is 11.1. The van der Waals surface area contributed by atoms with Crippen LogP contribution in [0.2, 0.25) is 0 Å². The number of amides is 3.